The van der Waals surface area contributed by atoms with E-state index in [1.165, 1.54) is 23.9 Å². The lowest BCUT2D eigenvalue weighted by atomic mass is 10.1. The first-order valence-corrected chi connectivity index (χ1v) is 7.59. The molecule has 0 bridgehead atoms. The van der Waals surface area contributed by atoms with Crippen LogP contribution in [0.4, 0.5) is 10.1 Å². The number of hydrogen-bond donors (Lipinski definition) is 0. The summed E-state index contributed by atoms with van der Waals surface area (Å²) in [5, 5.41) is 11.3. The summed E-state index contributed by atoms with van der Waals surface area (Å²) >= 11 is 1.41. The van der Waals surface area contributed by atoms with E-state index >= 15 is 0 Å². The molecule has 110 valence electrons. The molecule has 7 heteroatoms. The van der Waals surface area contributed by atoms with E-state index in [0.29, 0.717) is 23.7 Å². The quantitative estimate of drug-likeness (QED) is 0.352. The molecule has 0 aliphatic carbocycles. The van der Waals surface area contributed by atoms with Gasteiger partial charge in [0.15, 0.2) is 5.16 Å². The largest absolute Gasteiger partial charge is 0.269 e. The molecule has 0 atom stereocenters. The molecule has 0 saturated heterocycles. The topological polar surface area (TPSA) is 68.9 Å². The van der Waals surface area contributed by atoms with E-state index in [4.69, 9.17) is 0 Å². The highest BCUT2D eigenvalue weighted by molar-refractivity contribution is 7.98. The van der Waals surface area contributed by atoms with Crippen LogP contribution < -0.4 is 0 Å². The van der Waals surface area contributed by atoms with Gasteiger partial charge in [-0.15, -0.1) is 0 Å². The van der Waals surface area contributed by atoms with Crippen molar-refractivity contribution in [1.82, 2.24) is 9.97 Å². The number of rotatable bonds is 6. The van der Waals surface area contributed by atoms with Gasteiger partial charge in [-0.05, 0) is 37.3 Å². The zero-order chi connectivity index (χ0) is 15.2. The Bertz CT molecular complexity index is 635. The second kappa shape index (κ2) is 7.12. The second-order valence-electron chi connectivity index (χ2n) is 4.33. The van der Waals surface area contributed by atoms with Crippen LogP contribution in [0.1, 0.15) is 12.1 Å². The standard InChI is InChI=1S/C14H14FN3O2S/c1-21-14-16-11(3-2-8-15)9-13(17-14)10-4-6-12(7-5-10)18(19)20/h4-7,9H,2-3,8H2,1H3. The number of nitro groups is 1. The van der Waals surface area contributed by atoms with Gasteiger partial charge in [0.25, 0.3) is 5.69 Å². The number of non-ortho nitro benzene ring substituents is 1. The molecular weight excluding hydrogens is 293 g/mol. The molecule has 0 fully saturated rings. The van der Waals surface area contributed by atoms with Gasteiger partial charge < -0.3 is 0 Å². The zero-order valence-corrected chi connectivity index (χ0v) is 12.3. The van der Waals surface area contributed by atoms with Crippen molar-refractivity contribution in [2.75, 3.05) is 12.9 Å². The van der Waals surface area contributed by atoms with E-state index < -0.39 is 4.92 Å². The van der Waals surface area contributed by atoms with Crippen molar-refractivity contribution in [1.29, 1.82) is 0 Å². The van der Waals surface area contributed by atoms with E-state index in [2.05, 4.69) is 9.97 Å². The predicted molar refractivity (Wildman–Crippen MR) is 80.2 cm³/mol. The van der Waals surface area contributed by atoms with Crippen molar-refractivity contribution in [3.63, 3.8) is 0 Å². The Balaban J connectivity index is 2.35. The number of thioether (sulfide) groups is 1. The molecule has 0 N–H and O–H groups in total. The molecule has 0 amide bonds. The first kappa shape index (κ1) is 15.4. The summed E-state index contributed by atoms with van der Waals surface area (Å²) in [7, 11) is 0. The second-order valence-corrected chi connectivity index (χ2v) is 5.10. The molecule has 0 aliphatic heterocycles. The minimum atomic E-state index is -0.441. The SMILES string of the molecule is CSc1nc(CCCF)cc(-c2ccc([N+](=O)[O-])cc2)n1. The minimum Gasteiger partial charge on any atom is -0.258 e. The van der Waals surface area contributed by atoms with Crippen molar-refractivity contribution in [2.24, 2.45) is 0 Å². The Morgan fingerprint density at radius 1 is 1.29 bits per heavy atom. The minimum absolute atomic E-state index is 0.0375. The lowest BCUT2D eigenvalue weighted by Gasteiger charge is -2.06. The summed E-state index contributed by atoms with van der Waals surface area (Å²) in [5.41, 5.74) is 2.29. The average molecular weight is 307 g/mol. The van der Waals surface area contributed by atoms with Crippen LogP contribution in [0.15, 0.2) is 35.5 Å². The molecule has 0 saturated carbocycles. The van der Waals surface area contributed by atoms with Crippen LogP contribution in [0.3, 0.4) is 0 Å². The number of halogens is 1. The van der Waals surface area contributed by atoms with E-state index in [0.717, 1.165) is 11.3 Å². The van der Waals surface area contributed by atoms with Crippen LogP contribution in [-0.4, -0.2) is 27.8 Å². The summed E-state index contributed by atoms with van der Waals surface area (Å²) in [5.74, 6) is 0. The van der Waals surface area contributed by atoms with Crippen molar-refractivity contribution in [3.05, 3.63) is 46.1 Å². The van der Waals surface area contributed by atoms with Gasteiger partial charge in [-0.3, -0.25) is 14.5 Å². The van der Waals surface area contributed by atoms with Crippen LogP contribution in [0.5, 0.6) is 0 Å². The van der Waals surface area contributed by atoms with Gasteiger partial charge in [-0.2, -0.15) is 0 Å². The molecule has 2 rings (SSSR count). The summed E-state index contributed by atoms with van der Waals surface area (Å²) < 4.78 is 12.3. The highest BCUT2D eigenvalue weighted by Crippen LogP contribution is 2.23. The van der Waals surface area contributed by atoms with Gasteiger partial charge in [0.2, 0.25) is 0 Å². The number of nitrogens with zero attached hydrogens (tertiary/aromatic N) is 3. The molecule has 1 aromatic carbocycles. The number of hydrogen-bond acceptors (Lipinski definition) is 5. The third-order valence-corrected chi connectivity index (χ3v) is 3.43. The first-order valence-electron chi connectivity index (χ1n) is 6.37. The Kier molecular flexibility index (Phi) is 5.21. The summed E-state index contributed by atoms with van der Waals surface area (Å²) in [6, 6.07) is 8.00. The van der Waals surface area contributed by atoms with Gasteiger partial charge in [0.05, 0.1) is 17.3 Å². The molecule has 1 aromatic heterocycles. The van der Waals surface area contributed by atoms with Gasteiger partial charge >= 0.3 is 0 Å². The molecule has 0 aliphatic rings. The Labute approximate surface area is 125 Å². The first-order chi connectivity index (χ1) is 10.1. The van der Waals surface area contributed by atoms with Crippen molar-refractivity contribution >= 4 is 17.4 Å². The van der Waals surface area contributed by atoms with E-state index in [9.17, 15) is 14.5 Å². The molecule has 2 aromatic rings. The molecule has 0 radical (unpaired) electrons. The van der Waals surface area contributed by atoms with Crippen molar-refractivity contribution < 1.29 is 9.31 Å². The summed E-state index contributed by atoms with van der Waals surface area (Å²) in [4.78, 5) is 19.0. The normalized spacial score (nSPS) is 10.6. The average Bonchev–Trinajstić information content (AvgIpc) is 2.52. The van der Waals surface area contributed by atoms with Crippen molar-refractivity contribution in [2.45, 2.75) is 18.0 Å². The maximum Gasteiger partial charge on any atom is 0.269 e. The van der Waals surface area contributed by atoms with Crippen LogP contribution >= 0.6 is 11.8 Å². The van der Waals surface area contributed by atoms with Crippen LogP contribution in [0.25, 0.3) is 11.3 Å². The maximum absolute atomic E-state index is 12.3. The third-order valence-electron chi connectivity index (χ3n) is 2.88. The van der Waals surface area contributed by atoms with Gasteiger partial charge in [0, 0.05) is 23.4 Å². The number of nitro benzene ring substituents is 1. The monoisotopic (exact) mass is 307 g/mol. The zero-order valence-electron chi connectivity index (χ0n) is 11.5. The van der Waals surface area contributed by atoms with Gasteiger partial charge in [0.1, 0.15) is 0 Å². The predicted octanol–water partition coefficient (Wildman–Crippen LogP) is 3.68. The fourth-order valence-electron chi connectivity index (χ4n) is 1.84. The van der Waals surface area contributed by atoms with E-state index in [1.54, 1.807) is 18.2 Å². The number of aromatic nitrogens is 2. The van der Waals surface area contributed by atoms with Crippen molar-refractivity contribution in [3.8, 4) is 11.3 Å². The number of aryl methyl sites for hydroxylation is 1. The fourth-order valence-corrected chi connectivity index (χ4v) is 2.24. The molecule has 21 heavy (non-hydrogen) atoms. The van der Waals surface area contributed by atoms with Crippen LogP contribution in [0.2, 0.25) is 0 Å². The summed E-state index contributed by atoms with van der Waals surface area (Å²) in [6.45, 7) is -0.383. The van der Waals surface area contributed by atoms with E-state index in [-0.39, 0.29) is 12.4 Å². The molecule has 0 unspecified atom stereocenters. The lowest BCUT2D eigenvalue weighted by molar-refractivity contribution is -0.384. The third kappa shape index (κ3) is 3.98. The highest BCUT2D eigenvalue weighted by Gasteiger charge is 2.09. The summed E-state index contributed by atoms with van der Waals surface area (Å²) in [6.07, 6.45) is 2.84. The molecule has 5 nitrogen and oxygen atoms in total. The highest BCUT2D eigenvalue weighted by atomic mass is 32.2. The van der Waals surface area contributed by atoms with E-state index in [1.807, 2.05) is 6.26 Å². The number of alkyl halides is 1. The van der Waals surface area contributed by atoms with Crippen LogP contribution in [0, 0.1) is 10.1 Å². The Morgan fingerprint density at radius 2 is 2.00 bits per heavy atom. The fraction of sp³-hybridized carbons (Fsp3) is 0.286. The van der Waals surface area contributed by atoms with Gasteiger partial charge in [-0.25, -0.2) is 9.97 Å². The molecule has 0 spiro atoms. The van der Waals surface area contributed by atoms with Crippen LogP contribution in [-0.2, 0) is 6.42 Å². The Morgan fingerprint density at radius 3 is 2.57 bits per heavy atom. The molecule has 1 heterocycles. The number of benzene rings is 1. The van der Waals surface area contributed by atoms with Gasteiger partial charge in [-0.1, -0.05) is 11.8 Å². The smallest absolute Gasteiger partial charge is 0.258 e. The Hall–Kier alpha value is -2.02. The molecular formula is C14H14FN3O2S. The lowest BCUT2D eigenvalue weighted by Crippen LogP contribution is -1.98. The maximum atomic E-state index is 12.3.